The fourth-order valence-corrected chi connectivity index (χ4v) is 7.64. The van der Waals surface area contributed by atoms with Gasteiger partial charge < -0.3 is 0 Å². The molecule has 11 aromatic rings. The van der Waals surface area contributed by atoms with E-state index in [-0.39, 0.29) is 0 Å². The molecule has 7 heteroatoms. The first-order chi connectivity index (χ1) is 28.7. The number of benzene rings is 6. The molecule has 0 aliphatic heterocycles. The topological polar surface area (TPSA) is 90.2 Å². The first-order valence-electron chi connectivity index (χ1n) is 19.1. The van der Waals surface area contributed by atoms with Crippen molar-refractivity contribution in [2.45, 2.75) is 0 Å². The number of hydrogen-bond donors (Lipinski definition) is 0. The molecule has 0 N–H and O–H groups in total. The van der Waals surface area contributed by atoms with Gasteiger partial charge in [-0.2, -0.15) is 0 Å². The molecular formula is C51H31N7. The zero-order valence-corrected chi connectivity index (χ0v) is 31.0. The summed E-state index contributed by atoms with van der Waals surface area (Å²) in [6, 6.07) is 60.1. The van der Waals surface area contributed by atoms with Crippen molar-refractivity contribution in [1.82, 2.24) is 34.9 Å². The third kappa shape index (κ3) is 6.08. The van der Waals surface area contributed by atoms with Gasteiger partial charge in [-0.25, -0.2) is 24.9 Å². The van der Waals surface area contributed by atoms with E-state index in [0.717, 1.165) is 88.2 Å². The molecule has 5 aromatic heterocycles. The van der Waals surface area contributed by atoms with Gasteiger partial charge in [-0.3, -0.25) is 9.97 Å². The first-order valence-corrected chi connectivity index (χ1v) is 19.1. The maximum absolute atomic E-state index is 5.16. The Labute approximate surface area is 333 Å². The summed E-state index contributed by atoms with van der Waals surface area (Å²) in [6.07, 6.45) is 3.65. The van der Waals surface area contributed by atoms with E-state index in [1.165, 1.54) is 0 Å². The van der Waals surface area contributed by atoms with Crippen molar-refractivity contribution < 1.29 is 0 Å². The average molecular weight is 742 g/mol. The van der Waals surface area contributed by atoms with Crippen LogP contribution in [0.4, 0.5) is 0 Å². The number of fused-ring (bicyclic) bond motifs is 5. The van der Waals surface area contributed by atoms with Crippen molar-refractivity contribution in [3.63, 3.8) is 0 Å². The molecule has 0 amide bonds. The van der Waals surface area contributed by atoms with Crippen LogP contribution in [0.2, 0.25) is 0 Å². The number of pyridine rings is 4. The first kappa shape index (κ1) is 33.3. The third-order valence-corrected chi connectivity index (χ3v) is 10.6. The molecule has 0 bridgehead atoms. The SMILES string of the molecule is c1ccc(-c2nc(-c3ccccc3)nc(-c3ccc4ccc(-c5ccc6ccc(-c7ccc(-c8cc9cccnc9c9ncccc89)cc7)cc6n5)cc4n3)n2)cc1. The highest BCUT2D eigenvalue weighted by Gasteiger charge is 2.15. The summed E-state index contributed by atoms with van der Waals surface area (Å²) < 4.78 is 0. The van der Waals surface area contributed by atoms with Crippen molar-refractivity contribution in [1.29, 1.82) is 0 Å². The molecule has 0 saturated carbocycles. The molecule has 0 fully saturated rings. The van der Waals surface area contributed by atoms with Gasteiger partial charge in [0.15, 0.2) is 17.5 Å². The molecule has 0 aliphatic rings. The molecule has 0 saturated heterocycles. The number of rotatable bonds is 6. The molecule has 0 radical (unpaired) electrons. The van der Waals surface area contributed by atoms with Crippen molar-refractivity contribution in [3.05, 3.63) is 188 Å². The van der Waals surface area contributed by atoms with E-state index in [4.69, 9.17) is 29.9 Å². The summed E-state index contributed by atoms with van der Waals surface area (Å²) in [4.78, 5) is 34.2. The minimum absolute atomic E-state index is 0.518. The van der Waals surface area contributed by atoms with Gasteiger partial charge in [0.25, 0.3) is 0 Å². The maximum atomic E-state index is 5.16. The van der Waals surface area contributed by atoms with E-state index >= 15 is 0 Å². The van der Waals surface area contributed by atoms with Crippen LogP contribution in [0.5, 0.6) is 0 Å². The quantitative estimate of drug-likeness (QED) is 0.157. The van der Waals surface area contributed by atoms with Crippen molar-refractivity contribution in [3.8, 4) is 67.8 Å². The van der Waals surface area contributed by atoms with Gasteiger partial charge in [0.2, 0.25) is 0 Å². The minimum Gasteiger partial charge on any atom is -0.254 e. The number of hydrogen-bond acceptors (Lipinski definition) is 7. The summed E-state index contributed by atoms with van der Waals surface area (Å²) in [5, 5.41) is 4.25. The fourth-order valence-electron chi connectivity index (χ4n) is 7.64. The van der Waals surface area contributed by atoms with Crippen LogP contribution in [0, 0.1) is 0 Å². The van der Waals surface area contributed by atoms with Gasteiger partial charge in [-0.05, 0) is 64.7 Å². The Bertz CT molecular complexity index is 3270. The average Bonchev–Trinajstić information content (AvgIpc) is 3.31. The second-order valence-corrected chi connectivity index (χ2v) is 14.2. The summed E-state index contributed by atoms with van der Waals surface area (Å²) in [5.74, 6) is 1.72. The van der Waals surface area contributed by atoms with Crippen LogP contribution in [-0.4, -0.2) is 34.9 Å². The smallest absolute Gasteiger partial charge is 0.182 e. The van der Waals surface area contributed by atoms with Crippen LogP contribution in [0.25, 0.3) is 111 Å². The molecule has 11 rings (SSSR count). The Morgan fingerprint density at radius 1 is 0.293 bits per heavy atom. The zero-order valence-electron chi connectivity index (χ0n) is 31.0. The van der Waals surface area contributed by atoms with Gasteiger partial charge in [-0.1, -0.05) is 133 Å². The largest absolute Gasteiger partial charge is 0.254 e. The molecule has 0 atom stereocenters. The van der Waals surface area contributed by atoms with Gasteiger partial charge in [0, 0.05) is 50.6 Å². The second kappa shape index (κ2) is 13.9. The molecule has 5 heterocycles. The normalized spacial score (nSPS) is 11.4. The summed E-state index contributed by atoms with van der Waals surface area (Å²) in [6.45, 7) is 0. The Balaban J connectivity index is 0.930. The Hall–Kier alpha value is -8.03. The van der Waals surface area contributed by atoms with Crippen LogP contribution in [0.15, 0.2) is 188 Å². The van der Waals surface area contributed by atoms with Crippen LogP contribution in [0.1, 0.15) is 0 Å². The molecule has 0 aliphatic carbocycles. The van der Waals surface area contributed by atoms with Gasteiger partial charge in [-0.15, -0.1) is 0 Å². The molecule has 270 valence electrons. The van der Waals surface area contributed by atoms with Crippen LogP contribution < -0.4 is 0 Å². The highest BCUT2D eigenvalue weighted by atomic mass is 15.0. The van der Waals surface area contributed by atoms with E-state index in [1.807, 2.05) is 91.3 Å². The lowest BCUT2D eigenvalue weighted by molar-refractivity contribution is 1.06. The summed E-state index contributed by atoms with van der Waals surface area (Å²) >= 11 is 0. The highest BCUT2D eigenvalue weighted by molar-refractivity contribution is 6.10. The van der Waals surface area contributed by atoms with E-state index in [0.29, 0.717) is 23.2 Å². The highest BCUT2D eigenvalue weighted by Crippen LogP contribution is 2.35. The zero-order chi connectivity index (χ0) is 38.4. The third-order valence-electron chi connectivity index (χ3n) is 10.6. The molecular weight excluding hydrogens is 711 g/mol. The van der Waals surface area contributed by atoms with E-state index in [1.54, 1.807) is 0 Å². The molecule has 7 nitrogen and oxygen atoms in total. The van der Waals surface area contributed by atoms with E-state index < -0.39 is 0 Å². The van der Waals surface area contributed by atoms with Crippen LogP contribution >= 0.6 is 0 Å². The van der Waals surface area contributed by atoms with E-state index in [2.05, 4.69) is 102 Å². The monoisotopic (exact) mass is 741 g/mol. The summed E-state index contributed by atoms with van der Waals surface area (Å²) in [5.41, 5.74) is 12.4. The Morgan fingerprint density at radius 2 is 0.828 bits per heavy atom. The van der Waals surface area contributed by atoms with Gasteiger partial charge in [0.1, 0.15) is 5.69 Å². The molecule has 58 heavy (non-hydrogen) atoms. The summed E-state index contributed by atoms with van der Waals surface area (Å²) in [7, 11) is 0. The molecule has 6 aromatic carbocycles. The van der Waals surface area contributed by atoms with Crippen molar-refractivity contribution in [2.24, 2.45) is 0 Å². The maximum Gasteiger partial charge on any atom is 0.182 e. The lowest BCUT2D eigenvalue weighted by atomic mass is 9.95. The standard InChI is InChI=1S/C51H31N7/c1-3-9-36(10-4-1)49-56-50(37-11-5-2-6-12-37)58-51(57-49)44-26-24-35-20-22-39(31-46(35)55-44)43-25-23-34-19-21-38(30-45(34)54-43)32-15-17-33(18-16-32)42-29-40-13-7-27-52-47(40)48-41(42)14-8-28-53-48/h1-31H. The lowest BCUT2D eigenvalue weighted by Crippen LogP contribution is -2.01. The Kier molecular flexibility index (Phi) is 8.00. The second-order valence-electron chi connectivity index (χ2n) is 14.2. The fraction of sp³-hybridized carbons (Fsp3) is 0. The Morgan fingerprint density at radius 3 is 1.53 bits per heavy atom. The van der Waals surface area contributed by atoms with Crippen molar-refractivity contribution >= 4 is 43.6 Å². The lowest BCUT2D eigenvalue weighted by Gasteiger charge is -2.11. The van der Waals surface area contributed by atoms with Gasteiger partial charge in [0.05, 0.1) is 27.8 Å². The van der Waals surface area contributed by atoms with Gasteiger partial charge >= 0.3 is 0 Å². The van der Waals surface area contributed by atoms with Crippen LogP contribution in [-0.2, 0) is 0 Å². The van der Waals surface area contributed by atoms with Crippen LogP contribution in [0.3, 0.4) is 0 Å². The predicted molar refractivity (Wildman–Crippen MR) is 234 cm³/mol. The minimum atomic E-state index is 0.518. The van der Waals surface area contributed by atoms with Crippen molar-refractivity contribution in [2.75, 3.05) is 0 Å². The molecule has 0 spiro atoms. The predicted octanol–water partition coefficient (Wildman–Crippen LogP) is 12.1. The molecule has 0 unspecified atom stereocenters. The van der Waals surface area contributed by atoms with E-state index in [9.17, 15) is 0 Å². The number of nitrogens with zero attached hydrogens (tertiary/aromatic N) is 7. The number of aromatic nitrogens is 7.